The third kappa shape index (κ3) is 6.95. The molecular weight excluding hydrogens is 298 g/mol. The average molecular weight is 321 g/mol. The quantitative estimate of drug-likeness (QED) is 0.643. The number of rotatable bonds is 6. The standard InChI is InChI=1S/C17H23NO5/c1-5-22-15(20)14(19)11-13(12-9-7-6-8-10-12)18-16(21)23-17(2,3)4/h6-10,13H,5,11H2,1-4H3,(H,18,21). The first-order valence-corrected chi connectivity index (χ1v) is 7.47. The summed E-state index contributed by atoms with van der Waals surface area (Å²) in [5, 5.41) is 2.63. The van der Waals surface area contributed by atoms with Gasteiger partial charge in [0.1, 0.15) is 5.60 Å². The van der Waals surface area contributed by atoms with Crippen LogP contribution in [0, 0.1) is 0 Å². The molecule has 0 aliphatic rings. The molecule has 0 radical (unpaired) electrons. The van der Waals surface area contributed by atoms with E-state index in [9.17, 15) is 14.4 Å². The number of ether oxygens (including phenoxy) is 2. The highest BCUT2D eigenvalue weighted by molar-refractivity contribution is 6.33. The summed E-state index contributed by atoms with van der Waals surface area (Å²) in [6, 6.07) is 8.26. The first-order valence-electron chi connectivity index (χ1n) is 7.47. The van der Waals surface area contributed by atoms with Gasteiger partial charge < -0.3 is 14.8 Å². The number of nitrogens with one attached hydrogen (secondary N) is 1. The predicted molar refractivity (Wildman–Crippen MR) is 84.8 cm³/mol. The van der Waals surface area contributed by atoms with Crippen LogP contribution in [0.3, 0.4) is 0 Å². The topological polar surface area (TPSA) is 81.7 Å². The normalized spacial score (nSPS) is 12.2. The van der Waals surface area contributed by atoms with Crippen molar-refractivity contribution in [3.63, 3.8) is 0 Å². The molecule has 1 N–H and O–H groups in total. The average Bonchev–Trinajstić information content (AvgIpc) is 2.45. The molecular formula is C17H23NO5. The highest BCUT2D eigenvalue weighted by Crippen LogP contribution is 2.18. The molecule has 1 amide bonds. The van der Waals surface area contributed by atoms with Gasteiger partial charge in [-0.05, 0) is 33.3 Å². The molecule has 0 spiro atoms. The fourth-order valence-electron chi connectivity index (χ4n) is 1.87. The minimum absolute atomic E-state index is 0.125. The zero-order chi connectivity index (χ0) is 17.5. The Balaban J connectivity index is 2.84. The smallest absolute Gasteiger partial charge is 0.408 e. The summed E-state index contributed by atoms with van der Waals surface area (Å²) in [5.41, 5.74) is 0.0484. The van der Waals surface area contributed by atoms with Crippen molar-refractivity contribution in [3.05, 3.63) is 35.9 Å². The van der Waals surface area contributed by atoms with Gasteiger partial charge in [0.2, 0.25) is 5.78 Å². The lowest BCUT2D eigenvalue weighted by Gasteiger charge is -2.23. The van der Waals surface area contributed by atoms with Crippen LogP contribution in [0.5, 0.6) is 0 Å². The Kier molecular flexibility index (Phi) is 6.75. The molecule has 0 aromatic heterocycles. The summed E-state index contributed by atoms with van der Waals surface area (Å²) in [5.74, 6) is -1.60. The molecule has 0 fully saturated rings. The van der Waals surface area contributed by atoms with Crippen molar-refractivity contribution in [2.45, 2.75) is 45.8 Å². The lowest BCUT2D eigenvalue weighted by atomic mass is 10.0. The molecule has 0 saturated carbocycles. The van der Waals surface area contributed by atoms with Crippen molar-refractivity contribution < 1.29 is 23.9 Å². The van der Waals surface area contributed by atoms with Crippen LogP contribution in [-0.2, 0) is 19.1 Å². The molecule has 6 heteroatoms. The maximum Gasteiger partial charge on any atom is 0.408 e. The number of esters is 1. The van der Waals surface area contributed by atoms with Crippen LogP contribution in [0.25, 0.3) is 0 Å². The molecule has 1 rings (SSSR count). The van der Waals surface area contributed by atoms with Crippen molar-refractivity contribution in [2.24, 2.45) is 0 Å². The van der Waals surface area contributed by atoms with Crippen LogP contribution in [-0.4, -0.2) is 30.1 Å². The zero-order valence-electron chi connectivity index (χ0n) is 13.9. The van der Waals surface area contributed by atoms with E-state index in [-0.39, 0.29) is 13.0 Å². The zero-order valence-corrected chi connectivity index (χ0v) is 13.9. The second kappa shape index (κ2) is 8.31. The SMILES string of the molecule is CCOC(=O)C(=O)CC(NC(=O)OC(C)(C)C)c1ccccc1. The van der Waals surface area contributed by atoms with Gasteiger partial charge in [0, 0.05) is 6.42 Å². The lowest BCUT2D eigenvalue weighted by molar-refractivity contribution is -0.153. The number of amides is 1. The molecule has 0 aliphatic heterocycles. The van der Waals surface area contributed by atoms with E-state index in [2.05, 4.69) is 5.32 Å². The molecule has 126 valence electrons. The van der Waals surface area contributed by atoms with E-state index in [0.29, 0.717) is 5.56 Å². The number of Topliss-reactive ketones (excluding diaryl/α,β-unsaturated/α-hetero) is 1. The van der Waals surface area contributed by atoms with Crippen molar-refractivity contribution in [1.82, 2.24) is 5.32 Å². The Morgan fingerprint density at radius 1 is 1.13 bits per heavy atom. The first kappa shape index (κ1) is 18.7. The summed E-state index contributed by atoms with van der Waals surface area (Å²) in [6.07, 6.45) is -0.842. The fourth-order valence-corrected chi connectivity index (χ4v) is 1.87. The first-order chi connectivity index (χ1) is 10.7. The highest BCUT2D eigenvalue weighted by atomic mass is 16.6. The van der Waals surface area contributed by atoms with Crippen LogP contribution < -0.4 is 5.32 Å². The minimum Gasteiger partial charge on any atom is -0.460 e. The molecule has 23 heavy (non-hydrogen) atoms. The Bertz CT molecular complexity index is 548. The third-order valence-electron chi connectivity index (χ3n) is 2.79. The fraction of sp³-hybridized carbons (Fsp3) is 0.471. The maximum atomic E-state index is 12.0. The van der Waals surface area contributed by atoms with E-state index in [1.165, 1.54) is 0 Å². The summed E-state index contributed by atoms with van der Waals surface area (Å²) >= 11 is 0. The molecule has 0 aliphatic carbocycles. The Morgan fingerprint density at radius 2 is 1.74 bits per heavy atom. The lowest BCUT2D eigenvalue weighted by Crippen LogP contribution is -2.36. The van der Waals surface area contributed by atoms with Gasteiger partial charge in [0.25, 0.3) is 0 Å². The maximum absolute atomic E-state index is 12.0. The number of alkyl carbamates (subject to hydrolysis) is 1. The molecule has 0 bridgehead atoms. The van der Waals surface area contributed by atoms with Gasteiger partial charge in [-0.15, -0.1) is 0 Å². The Morgan fingerprint density at radius 3 is 2.26 bits per heavy atom. The summed E-state index contributed by atoms with van der Waals surface area (Å²) < 4.78 is 9.90. The van der Waals surface area contributed by atoms with E-state index >= 15 is 0 Å². The van der Waals surface area contributed by atoms with Gasteiger partial charge in [-0.1, -0.05) is 30.3 Å². The number of carbonyl (C=O) groups excluding carboxylic acids is 3. The van der Waals surface area contributed by atoms with Crippen LogP contribution in [0.4, 0.5) is 4.79 Å². The molecule has 0 heterocycles. The summed E-state index contributed by atoms with van der Waals surface area (Å²) in [6.45, 7) is 6.98. The molecule has 0 saturated heterocycles. The number of benzene rings is 1. The van der Waals surface area contributed by atoms with Crippen molar-refractivity contribution in [1.29, 1.82) is 0 Å². The van der Waals surface area contributed by atoms with E-state index < -0.39 is 29.5 Å². The number of hydrogen-bond acceptors (Lipinski definition) is 5. The largest absolute Gasteiger partial charge is 0.460 e. The van der Waals surface area contributed by atoms with E-state index in [4.69, 9.17) is 9.47 Å². The molecule has 1 aromatic carbocycles. The minimum atomic E-state index is -0.903. The predicted octanol–water partition coefficient (Wildman–Crippen LogP) is 2.77. The monoisotopic (exact) mass is 321 g/mol. The third-order valence-corrected chi connectivity index (χ3v) is 2.79. The second-order valence-corrected chi connectivity index (χ2v) is 5.96. The summed E-state index contributed by atoms with van der Waals surface area (Å²) in [7, 11) is 0. The summed E-state index contributed by atoms with van der Waals surface area (Å²) in [4.78, 5) is 35.4. The molecule has 1 aromatic rings. The Hall–Kier alpha value is -2.37. The molecule has 1 unspecified atom stereocenters. The van der Waals surface area contributed by atoms with Crippen molar-refractivity contribution in [3.8, 4) is 0 Å². The highest BCUT2D eigenvalue weighted by Gasteiger charge is 2.25. The van der Waals surface area contributed by atoms with Crippen LogP contribution in [0.15, 0.2) is 30.3 Å². The molecule has 6 nitrogen and oxygen atoms in total. The number of hydrogen-bond donors (Lipinski definition) is 1. The number of ketones is 1. The van der Waals surface area contributed by atoms with E-state index in [0.717, 1.165) is 0 Å². The van der Waals surface area contributed by atoms with Gasteiger partial charge in [-0.2, -0.15) is 0 Å². The Labute approximate surface area is 136 Å². The second-order valence-electron chi connectivity index (χ2n) is 5.96. The van der Waals surface area contributed by atoms with Gasteiger partial charge >= 0.3 is 12.1 Å². The van der Waals surface area contributed by atoms with Crippen LogP contribution in [0.2, 0.25) is 0 Å². The number of carbonyl (C=O) groups is 3. The van der Waals surface area contributed by atoms with Gasteiger partial charge in [-0.3, -0.25) is 4.79 Å². The van der Waals surface area contributed by atoms with E-state index in [1.54, 1.807) is 52.0 Å². The van der Waals surface area contributed by atoms with Crippen LogP contribution in [0.1, 0.15) is 45.7 Å². The van der Waals surface area contributed by atoms with Gasteiger partial charge in [0.05, 0.1) is 12.6 Å². The van der Waals surface area contributed by atoms with Gasteiger partial charge in [-0.25, -0.2) is 9.59 Å². The van der Waals surface area contributed by atoms with E-state index in [1.807, 2.05) is 6.07 Å². The molecule has 1 atom stereocenters. The van der Waals surface area contributed by atoms with Crippen molar-refractivity contribution >= 4 is 17.8 Å². The van der Waals surface area contributed by atoms with Crippen LogP contribution >= 0.6 is 0 Å². The van der Waals surface area contributed by atoms with Crippen molar-refractivity contribution in [2.75, 3.05) is 6.61 Å². The van der Waals surface area contributed by atoms with Gasteiger partial charge in [0.15, 0.2) is 0 Å².